The Balaban J connectivity index is 1.57. The standard InChI is InChI=1S/C24H31N3O3/c1-15-6-7-20-19(12-15)21(16(2)17(3)25-20)22(28)27-10-8-24(9-11-27)13-18(14-26(4)5)30-23(24)29/h6-7,12,18H,8-11,13-14H2,1-5H3. The molecule has 0 aliphatic carbocycles. The second-order valence-electron chi connectivity index (χ2n) is 9.28. The van der Waals surface area contributed by atoms with Crippen LogP contribution in [0.5, 0.6) is 0 Å². The van der Waals surface area contributed by atoms with Crippen LogP contribution in [0.1, 0.15) is 46.4 Å². The zero-order valence-corrected chi connectivity index (χ0v) is 18.6. The molecule has 2 aromatic rings. The number of aryl methyl sites for hydroxylation is 2. The maximum Gasteiger partial charge on any atom is 0.312 e. The van der Waals surface area contributed by atoms with E-state index in [1.54, 1.807) is 0 Å². The van der Waals surface area contributed by atoms with Crippen LogP contribution in [0.25, 0.3) is 10.9 Å². The highest BCUT2D eigenvalue weighted by molar-refractivity contribution is 6.07. The summed E-state index contributed by atoms with van der Waals surface area (Å²) >= 11 is 0. The summed E-state index contributed by atoms with van der Waals surface area (Å²) in [5, 5.41) is 0.912. The van der Waals surface area contributed by atoms with Crippen molar-refractivity contribution >= 4 is 22.8 Å². The normalized spacial score (nSPS) is 20.9. The summed E-state index contributed by atoms with van der Waals surface area (Å²) in [6.07, 6.45) is 2.04. The number of rotatable bonds is 3. The Morgan fingerprint density at radius 2 is 1.93 bits per heavy atom. The molecule has 6 nitrogen and oxygen atoms in total. The van der Waals surface area contributed by atoms with Gasteiger partial charge in [-0.2, -0.15) is 0 Å². The molecule has 2 saturated heterocycles. The summed E-state index contributed by atoms with van der Waals surface area (Å²) < 4.78 is 5.66. The Kier molecular flexibility index (Phi) is 5.30. The van der Waals surface area contributed by atoms with Gasteiger partial charge in [-0.3, -0.25) is 14.6 Å². The number of likely N-dealkylation sites (tertiary alicyclic amines) is 1. The lowest BCUT2D eigenvalue weighted by molar-refractivity contribution is -0.150. The number of esters is 1. The number of cyclic esters (lactones) is 1. The van der Waals surface area contributed by atoms with E-state index in [9.17, 15) is 9.59 Å². The van der Waals surface area contributed by atoms with Crippen molar-refractivity contribution < 1.29 is 14.3 Å². The molecule has 3 heterocycles. The van der Waals surface area contributed by atoms with Crippen molar-refractivity contribution in [3.63, 3.8) is 0 Å². The summed E-state index contributed by atoms with van der Waals surface area (Å²) in [4.78, 5) is 34.8. The number of nitrogens with zero attached hydrogens (tertiary/aromatic N) is 3. The second kappa shape index (κ2) is 7.65. The van der Waals surface area contributed by atoms with Gasteiger partial charge in [-0.15, -0.1) is 0 Å². The van der Waals surface area contributed by atoms with Gasteiger partial charge in [-0.1, -0.05) is 11.6 Å². The molecular formula is C24H31N3O3. The Bertz CT molecular complexity index is 1010. The highest BCUT2D eigenvalue weighted by Gasteiger charge is 2.51. The first-order chi connectivity index (χ1) is 14.2. The van der Waals surface area contributed by atoms with Gasteiger partial charge in [-0.05, 0) is 65.4 Å². The number of benzene rings is 1. The van der Waals surface area contributed by atoms with Crippen LogP contribution in [0.4, 0.5) is 0 Å². The Labute approximate surface area is 178 Å². The fourth-order valence-corrected chi connectivity index (χ4v) is 4.92. The fraction of sp³-hybridized carbons (Fsp3) is 0.542. The van der Waals surface area contributed by atoms with Crippen molar-refractivity contribution in [1.29, 1.82) is 0 Å². The number of ether oxygens (including phenoxy) is 1. The summed E-state index contributed by atoms with van der Waals surface area (Å²) in [5.74, 6) is -0.0434. The van der Waals surface area contributed by atoms with Crippen LogP contribution in [0.3, 0.4) is 0 Å². The zero-order chi connectivity index (χ0) is 21.6. The number of piperidine rings is 1. The van der Waals surface area contributed by atoms with E-state index in [-0.39, 0.29) is 18.0 Å². The van der Waals surface area contributed by atoms with Crippen molar-refractivity contribution in [2.24, 2.45) is 5.41 Å². The average Bonchev–Trinajstić information content (AvgIpc) is 2.97. The molecule has 2 aliphatic rings. The van der Waals surface area contributed by atoms with Crippen molar-refractivity contribution in [3.8, 4) is 0 Å². The van der Waals surface area contributed by atoms with Gasteiger partial charge >= 0.3 is 5.97 Å². The molecule has 6 heteroatoms. The van der Waals surface area contributed by atoms with E-state index in [0.717, 1.165) is 46.3 Å². The van der Waals surface area contributed by atoms with E-state index in [2.05, 4.69) is 9.88 Å². The first-order valence-corrected chi connectivity index (χ1v) is 10.7. The summed E-state index contributed by atoms with van der Waals surface area (Å²) in [6, 6.07) is 6.06. The minimum absolute atomic E-state index is 0.0413. The van der Waals surface area contributed by atoms with Crippen LogP contribution in [0, 0.1) is 26.2 Å². The predicted molar refractivity (Wildman–Crippen MR) is 117 cm³/mol. The van der Waals surface area contributed by atoms with E-state index >= 15 is 0 Å². The molecule has 2 fully saturated rings. The molecular weight excluding hydrogens is 378 g/mol. The van der Waals surface area contributed by atoms with Crippen molar-refractivity contribution in [1.82, 2.24) is 14.8 Å². The number of likely N-dealkylation sites (N-methyl/N-ethyl adjacent to an activating group) is 1. The summed E-state index contributed by atoms with van der Waals surface area (Å²) in [5.41, 5.74) is 4.10. The minimum atomic E-state index is -0.431. The number of carbonyl (C=O) groups excluding carboxylic acids is 2. The van der Waals surface area contributed by atoms with Gasteiger partial charge in [0.05, 0.1) is 16.5 Å². The van der Waals surface area contributed by atoms with Crippen LogP contribution < -0.4 is 0 Å². The topological polar surface area (TPSA) is 62.7 Å². The first-order valence-electron chi connectivity index (χ1n) is 10.7. The number of amides is 1. The number of fused-ring (bicyclic) bond motifs is 1. The van der Waals surface area contributed by atoms with Gasteiger partial charge < -0.3 is 14.5 Å². The molecule has 1 amide bonds. The largest absolute Gasteiger partial charge is 0.461 e. The third kappa shape index (κ3) is 3.58. The molecule has 0 radical (unpaired) electrons. The molecule has 4 rings (SSSR count). The second-order valence-corrected chi connectivity index (χ2v) is 9.28. The van der Waals surface area contributed by atoms with Gasteiger partial charge in [-0.25, -0.2) is 0 Å². The van der Waals surface area contributed by atoms with Crippen LogP contribution >= 0.6 is 0 Å². The monoisotopic (exact) mass is 409 g/mol. The lowest BCUT2D eigenvalue weighted by atomic mass is 9.76. The molecule has 30 heavy (non-hydrogen) atoms. The smallest absolute Gasteiger partial charge is 0.312 e. The Morgan fingerprint density at radius 3 is 2.60 bits per heavy atom. The highest BCUT2D eigenvalue weighted by Crippen LogP contribution is 2.43. The molecule has 2 aliphatic heterocycles. The molecule has 1 spiro atoms. The van der Waals surface area contributed by atoms with E-state index < -0.39 is 5.41 Å². The van der Waals surface area contributed by atoms with Crippen LogP contribution in [-0.4, -0.2) is 66.5 Å². The predicted octanol–water partition coefficient (Wildman–Crippen LogP) is 3.26. The molecule has 0 bridgehead atoms. The number of carbonyl (C=O) groups is 2. The van der Waals surface area contributed by atoms with Crippen molar-refractivity contribution in [2.45, 2.75) is 46.1 Å². The van der Waals surface area contributed by atoms with Gasteiger partial charge in [0.25, 0.3) is 5.91 Å². The maximum atomic E-state index is 13.6. The molecule has 1 aromatic heterocycles. The van der Waals surface area contributed by atoms with Crippen LogP contribution in [-0.2, 0) is 9.53 Å². The Hall–Kier alpha value is -2.47. The highest BCUT2D eigenvalue weighted by atomic mass is 16.6. The number of hydrogen-bond acceptors (Lipinski definition) is 5. The molecule has 1 unspecified atom stereocenters. The molecule has 1 atom stereocenters. The SMILES string of the molecule is Cc1ccc2nc(C)c(C)c(C(=O)N3CCC4(CC3)CC(CN(C)C)OC4=O)c2c1. The minimum Gasteiger partial charge on any atom is -0.461 e. The molecule has 0 N–H and O–H groups in total. The van der Waals surface area contributed by atoms with Gasteiger partial charge in [0.15, 0.2) is 0 Å². The van der Waals surface area contributed by atoms with Crippen molar-refractivity contribution in [2.75, 3.05) is 33.7 Å². The Morgan fingerprint density at radius 1 is 1.23 bits per heavy atom. The van der Waals surface area contributed by atoms with Gasteiger partial charge in [0, 0.05) is 37.1 Å². The lowest BCUT2D eigenvalue weighted by Gasteiger charge is -2.37. The number of hydrogen-bond donors (Lipinski definition) is 0. The van der Waals surface area contributed by atoms with E-state index in [1.165, 1.54) is 0 Å². The summed E-state index contributed by atoms with van der Waals surface area (Å²) in [7, 11) is 3.98. The van der Waals surface area contributed by atoms with Crippen LogP contribution in [0.15, 0.2) is 18.2 Å². The van der Waals surface area contributed by atoms with Crippen LogP contribution in [0.2, 0.25) is 0 Å². The number of pyridine rings is 1. The third-order valence-electron chi connectivity index (χ3n) is 6.74. The fourth-order valence-electron chi connectivity index (χ4n) is 4.92. The van der Waals surface area contributed by atoms with Crippen molar-refractivity contribution in [3.05, 3.63) is 40.6 Å². The quantitative estimate of drug-likeness (QED) is 0.728. The average molecular weight is 410 g/mol. The van der Waals surface area contributed by atoms with E-state index in [0.29, 0.717) is 25.9 Å². The molecule has 1 aromatic carbocycles. The molecule has 160 valence electrons. The number of aromatic nitrogens is 1. The lowest BCUT2D eigenvalue weighted by Crippen LogP contribution is -2.45. The van der Waals surface area contributed by atoms with E-state index in [4.69, 9.17) is 4.74 Å². The maximum absolute atomic E-state index is 13.6. The van der Waals surface area contributed by atoms with Gasteiger partial charge in [0.2, 0.25) is 0 Å². The van der Waals surface area contributed by atoms with E-state index in [1.807, 2.05) is 58.0 Å². The van der Waals surface area contributed by atoms with Gasteiger partial charge in [0.1, 0.15) is 6.10 Å². The zero-order valence-electron chi connectivity index (χ0n) is 18.6. The molecule has 0 saturated carbocycles. The first kappa shape index (κ1) is 20.8. The third-order valence-corrected chi connectivity index (χ3v) is 6.74. The summed E-state index contributed by atoms with van der Waals surface area (Å²) in [6.45, 7) is 7.87.